The zero-order valence-corrected chi connectivity index (χ0v) is 10.3. The van der Waals surface area contributed by atoms with Crippen molar-refractivity contribution >= 4 is 14.8 Å². The Labute approximate surface area is 82.3 Å². The summed E-state index contributed by atoms with van der Waals surface area (Å²) in [5.41, 5.74) is 3.79. The van der Waals surface area contributed by atoms with Crippen LogP contribution in [0.1, 0.15) is 34.6 Å². The molecule has 0 aromatic heterocycles. The second kappa shape index (κ2) is 5.22. The van der Waals surface area contributed by atoms with E-state index in [1.54, 1.807) is 6.92 Å². The molecule has 0 amide bonds. The first-order chi connectivity index (χ1) is 5.86. The van der Waals surface area contributed by atoms with E-state index in [-0.39, 0.29) is 0 Å². The van der Waals surface area contributed by atoms with Crippen LogP contribution in [0, 0.1) is 0 Å². The number of carboxylic acid groups (broad SMARTS) is 1. The highest BCUT2D eigenvalue weighted by Gasteiger charge is 2.18. The molecule has 0 aromatic rings. The Morgan fingerprint density at radius 1 is 1.23 bits per heavy atom. The van der Waals surface area contributed by atoms with Crippen molar-refractivity contribution < 1.29 is 9.90 Å². The lowest BCUT2D eigenvalue weighted by Crippen LogP contribution is -2.20. The van der Waals surface area contributed by atoms with Crippen LogP contribution >= 0.6 is 0 Å². The molecule has 0 aliphatic heterocycles. The molecule has 0 rings (SSSR count). The molecule has 0 unspecified atom stereocenters. The minimum atomic E-state index is -1.04. The Hall–Kier alpha value is -0.573. The molecule has 0 saturated carbocycles. The van der Waals surface area contributed by atoms with Crippen LogP contribution in [0.15, 0.2) is 11.3 Å². The maximum absolute atomic E-state index is 10.6. The summed E-state index contributed by atoms with van der Waals surface area (Å²) in [7, 11) is -1.04. The fourth-order valence-electron chi connectivity index (χ4n) is 1.51. The molecule has 0 aliphatic rings. The summed E-state index contributed by atoms with van der Waals surface area (Å²) >= 11 is 0. The molecular weight excluding hydrogens is 180 g/mol. The molecule has 0 spiro atoms. The van der Waals surface area contributed by atoms with Gasteiger partial charge in [0.1, 0.15) is 0 Å². The van der Waals surface area contributed by atoms with Crippen LogP contribution in [0.4, 0.5) is 0 Å². The number of carboxylic acids is 1. The number of hydrogen-bond donors (Lipinski definition) is 1. The predicted molar refractivity (Wildman–Crippen MR) is 58.7 cm³/mol. The monoisotopic (exact) mass is 200 g/mol. The average Bonchev–Trinajstić information content (AvgIpc) is 1.97. The molecule has 0 saturated heterocycles. The molecule has 76 valence electrons. The summed E-state index contributed by atoms with van der Waals surface area (Å²) in [4.78, 5) is 10.6. The van der Waals surface area contributed by atoms with Crippen molar-refractivity contribution in [3.63, 3.8) is 0 Å². The van der Waals surface area contributed by atoms with E-state index in [9.17, 15) is 4.79 Å². The molecule has 1 N–H and O–H groups in total. The minimum absolute atomic E-state index is 0.513. The maximum atomic E-state index is 10.6. The van der Waals surface area contributed by atoms with Crippen LogP contribution in [0.25, 0.3) is 0 Å². The van der Waals surface area contributed by atoms with E-state index in [2.05, 4.69) is 27.7 Å². The van der Waals surface area contributed by atoms with Crippen LogP contribution in [-0.4, -0.2) is 19.9 Å². The molecule has 0 aliphatic carbocycles. The maximum Gasteiger partial charge on any atom is 0.330 e. The molecule has 0 fully saturated rings. The van der Waals surface area contributed by atoms with E-state index >= 15 is 0 Å². The van der Waals surface area contributed by atoms with Crippen molar-refractivity contribution in [1.82, 2.24) is 0 Å². The molecule has 0 heterocycles. The Balaban J connectivity index is 4.59. The number of rotatable bonds is 4. The Bertz CT molecular complexity index is 199. The van der Waals surface area contributed by atoms with E-state index < -0.39 is 14.8 Å². The summed E-state index contributed by atoms with van der Waals surface area (Å²) in [6, 6.07) is 0. The highest BCUT2D eigenvalue weighted by molar-refractivity contribution is 6.67. The zero-order valence-electron chi connectivity index (χ0n) is 9.16. The zero-order chi connectivity index (χ0) is 10.6. The van der Waals surface area contributed by atoms with Gasteiger partial charge in [-0.1, -0.05) is 44.5 Å². The SMILES string of the molecule is CC(=C[SiH](C(C)C)C(C)C)C(=O)O. The van der Waals surface area contributed by atoms with Crippen molar-refractivity contribution in [2.75, 3.05) is 0 Å². The van der Waals surface area contributed by atoms with Crippen molar-refractivity contribution in [2.24, 2.45) is 0 Å². The Morgan fingerprint density at radius 3 is 1.85 bits per heavy atom. The average molecular weight is 200 g/mol. The lowest BCUT2D eigenvalue weighted by molar-refractivity contribution is -0.132. The molecule has 13 heavy (non-hydrogen) atoms. The third kappa shape index (κ3) is 4.27. The first kappa shape index (κ1) is 12.4. The van der Waals surface area contributed by atoms with Crippen LogP contribution in [-0.2, 0) is 4.79 Å². The van der Waals surface area contributed by atoms with Gasteiger partial charge in [-0.25, -0.2) is 4.79 Å². The van der Waals surface area contributed by atoms with E-state index in [1.165, 1.54) is 0 Å². The highest BCUT2D eigenvalue weighted by Crippen LogP contribution is 2.21. The summed E-state index contributed by atoms with van der Waals surface area (Å²) in [5, 5.41) is 8.75. The minimum Gasteiger partial charge on any atom is -0.478 e. The first-order valence-corrected chi connectivity index (χ1v) is 6.78. The normalized spacial score (nSPS) is 13.1. The van der Waals surface area contributed by atoms with Gasteiger partial charge >= 0.3 is 5.97 Å². The molecule has 0 atom stereocenters. The molecule has 0 radical (unpaired) electrons. The summed E-state index contributed by atoms with van der Waals surface area (Å²) in [6.07, 6.45) is 0. The van der Waals surface area contributed by atoms with Crippen molar-refractivity contribution in [2.45, 2.75) is 45.7 Å². The molecule has 0 aromatic carbocycles. The second-order valence-electron chi connectivity index (χ2n) is 4.22. The Morgan fingerprint density at radius 2 is 1.62 bits per heavy atom. The number of hydrogen-bond acceptors (Lipinski definition) is 1. The van der Waals surface area contributed by atoms with Gasteiger partial charge in [-0.05, 0) is 6.92 Å². The molecule has 0 bridgehead atoms. The van der Waals surface area contributed by atoms with Gasteiger partial charge in [0.2, 0.25) is 0 Å². The topological polar surface area (TPSA) is 37.3 Å². The van der Waals surface area contributed by atoms with Gasteiger partial charge in [0.25, 0.3) is 0 Å². The van der Waals surface area contributed by atoms with Crippen molar-refractivity contribution in [3.05, 3.63) is 11.3 Å². The van der Waals surface area contributed by atoms with Crippen molar-refractivity contribution in [1.29, 1.82) is 0 Å². The quantitative estimate of drug-likeness (QED) is 0.559. The third-order valence-electron chi connectivity index (χ3n) is 2.32. The van der Waals surface area contributed by atoms with Crippen LogP contribution in [0.2, 0.25) is 11.1 Å². The number of carbonyl (C=O) groups is 1. The molecular formula is C10H20O2Si. The van der Waals surface area contributed by atoms with E-state index in [0.717, 1.165) is 0 Å². The van der Waals surface area contributed by atoms with Crippen molar-refractivity contribution in [3.8, 4) is 0 Å². The summed E-state index contributed by atoms with van der Waals surface area (Å²) in [6.45, 7) is 10.4. The Kier molecular flexibility index (Phi) is 4.99. The molecule has 2 nitrogen and oxygen atoms in total. The van der Waals surface area contributed by atoms with Gasteiger partial charge in [-0.15, -0.1) is 0 Å². The van der Waals surface area contributed by atoms with Crippen LogP contribution < -0.4 is 0 Å². The number of aliphatic carboxylic acids is 1. The first-order valence-electron chi connectivity index (χ1n) is 4.78. The van der Waals surface area contributed by atoms with E-state index in [1.807, 2.05) is 5.70 Å². The van der Waals surface area contributed by atoms with E-state index in [4.69, 9.17) is 5.11 Å². The smallest absolute Gasteiger partial charge is 0.330 e. The summed E-state index contributed by atoms with van der Waals surface area (Å²) in [5.74, 6) is -0.779. The van der Waals surface area contributed by atoms with Crippen LogP contribution in [0.5, 0.6) is 0 Å². The lowest BCUT2D eigenvalue weighted by atomic mass is 10.4. The fourth-order valence-corrected chi connectivity index (χ4v) is 4.54. The standard InChI is InChI=1S/C10H20O2Si/c1-7(2)13(8(3)4)6-9(5)10(11)12/h6-8,13H,1-5H3,(H,11,12). The highest BCUT2D eigenvalue weighted by atomic mass is 28.3. The predicted octanol–water partition coefficient (Wildman–Crippen LogP) is 2.60. The van der Waals surface area contributed by atoms with Gasteiger partial charge in [0, 0.05) is 5.57 Å². The second-order valence-corrected chi connectivity index (χ2v) is 8.37. The molecule has 3 heteroatoms. The van der Waals surface area contributed by atoms with Gasteiger partial charge in [0.15, 0.2) is 0 Å². The van der Waals surface area contributed by atoms with Gasteiger partial charge in [0.05, 0.1) is 8.80 Å². The van der Waals surface area contributed by atoms with Gasteiger partial charge in [-0.3, -0.25) is 0 Å². The van der Waals surface area contributed by atoms with Gasteiger partial charge < -0.3 is 5.11 Å². The fraction of sp³-hybridized carbons (Fsp3) is 0.700. The van der Waals surface area contributed by atoms with E-state index in [0.29, 0.717) is 16.7 Å². The lowest BCUT2D eigenvalue weighted by Gasteiger charge is -2.19. The van der Waals surface area contributed by atoms with Crippen LogP contribution in [0.3, 0.4) is 0 Å². The third-order valence-corrected chi connectivity index (χ3v) is 6.28. The summed E-state index contributed by atoms with van der Waals surface area (Å²) < 4.78 is 0. The largest absolute Gasteiger partial charge is 0.478 e. The van der Waals surface area contributed by atoms with Gasteiger partial charge in [-0.2, -0.15) is 0 Å².